The largest absolute Gasteiger partial charge is 0.310 e. The van der Waals surface area contributed by atoms with E-state index in [-0.39, 0.29) is 0 Å². The van der Waals surface area contributed by atoms with Crippen molar-refractivity contribution in [1.82, 2.24) is 5.32 Å². The minimum atomic E-state index is 0.575. The maximum Gasteiger partial charge on any atom is 0.0320 e. The Morgan fingerprint density at radius 1 is 1.06 bits per heavy atom. The SMILES string of the molecule is Cc1ccc2cc(C3CCCN3)ccc2c1. The molecule has 0 radical (unpaired) electrons. The molecule has 1 unspecified atom stereocenters. The van der Waals surface area contributed by atoms with Crippen LogP contribution < -0.4 is 5.32 Å². The number of aryl methyl sites for hydroxylation is 1. The van der Waals surface area contributed by atoms with Gasteiger partial charge in [0.2, 0.25) is 0 Å². The van der Waals surface area contributed by atoms with Gasteiger partial charge in [-0.2, -0.15) is 0 Å². The summed E-state index contributed by atoms with van der Waals surface area (Å²) in [6.07, 6.45) is 2.58. The van der Waals surface area contributed by atoms with Crippen molar-refractivity contribution in [3.8, 4) is 0 Å². The molecule has 1 saturated heterocycles. The van der Waals surface area contributed by atoms with Crippen LogP contribution in [-0.2, 0) is 0 Å². The molecule has 0 saturated carbocycles. The van der Waals surface area contributed by atoms with Crippen LogP contribution >= 0.6 is 0 Å². The normalized spacial score (nSPS) is 20.4. The molecule has 1 N–H and O–H groups in total. The summed E-state index contributed by atoms with van der Waals surface area (Å²) in [5.74, 6) is 0. The van der Waals surface area contributed by atoms with Gasteiger partial charge in [-0.25, -0.2) is 0 Å². The van der Waals surface area contributed by atoms with E-state index in [0.29, 0.717) is 6.04 Å². The van der Waals surface area contributed by atoms with Gasteiger partial charge in [-0.05, 0) is 48.7 Å². The van der Waals surface area contributed by atoms with Crippen LogP contribution in [0.2, 0.25) is 0 Å². The molecule has 1 aliphatic heterocycles. The third kappa shape index (κ3) is 1.72. The fourth-order valence-corrected chi connectivity index (χ4v) is 2.57. The van der Waals surface area contributed by atoms with E-state index in [0.717, 1.165) is 6.54 Å². The van der Waals surface area contributed by atoms with Gasteiger partial charge in [-0.3, -0.25) is 0 Å². The molecular formula is C15H17N. The average Bonchev–Trinajstić information content (AvgIpc) is 2.82. The van der Waals surface area contributed by atoms with Crippen LogP contribution in [0, 0.1) is 6.92 Å². The van der Waals surface area contributed by atoms with Crippen molar-refractivity contribution < 1.29 is 0 Å². The highest BCUT2D eigenvalue weighted by Gasteiger charge is 2.15. The van der Waals surface area contributed by atoms with Crippen LogP contribution in [0.25, 0.3) is 10.8 Å². The van der Waals surface area contributed by atoms with Crippen LogP contribution in [-0.4, -0.2) is 6.54 Å². The zero-order valence-electron chi connectivity index (χ0n) is 9.66. The van der Waals surface area contributed by atoms with Gasteiger partial charge in [0.25, 0.3) is 0 Å². The monoisotopic (exact) mass is 211 g/mol. The Kier molecular flexibility index (Phi) is 2.41. The summed E-state index contributed by atoms with van der Waals surface area (Å²) in [6.45, 7) is 3.31. The minimum Gasteiger partial charge on any atom is -0.310 e. The molecule has 1 heterocycles. The topological polar surface area (TPSA) is 12.0 Å². The fourth-order valence-electron chi connectivity index (χ4n) is 2.57. The third-order valence-electron chi connectivity index (χ3n) is 3.48. The minimum absolute atomic E-state index is 0.575. The predicted octanol–water partition coefficient (Wildman–Crippen LogP) is 3.57. The summed E-state index contributed by atoms with van der Waals surface area (Å²) in [7, 11) is 0. The number of hydrogen-bond acceptors (Lipinski definition) is 1. The Morgan fingerprint density at radius 2 is 1.88 bits per heavy atom. The van der Waals surface area contributed by atoms with E-state index in [1.54, 1.807) is 0 Å². The second-order valence-corrected chi connectivity index (χ2v) is 4.76. The molecular weight excluding hydrogens is 194 g/mol. The van der Waals surface area contributed by atoms with Gasteiger partial charge in [-0.1, -0.05) is 35.9 Å². The van der Waals surface area contributed by atoms with Crippen molar-refractivity contribution in [1.29, 1.82) is 0 Å². The van der Waals surface area contributed by atoms with Crippen molar-refractivity contribution in [3.05, 3.63) is 47.5 Å². The van der Waals surface area contributed by atoms with E-state index in [1.165, 1.54) is 34.7 Å². The summed E-state index contributed by atoms with van der Waals surface area (Å²) < 4.78 is 0. The van der Waals surface area contributed by atoms with E-state index < -0.39 is 0 Å². The lowest BCUT2D eigenvalue weighted by Crippen LogP contribution is -2.12. The van der Waals surface area contributed by atoms with E-state index in [4.69, 9.17) is 0 Å². The number of nitrogens with one attached hydrogen (secondary N) is 1. The quantitative estimate of drug-likeness (QED) is 0.760. The smallest absolute Gasteiger partial charge is 0.0320 e. The molecule has 2 aromatic rings. The highest BCUT2D eigenvalue weighted by Crippen LogP contribution is 2.26. The highest BCUT2D eigenvalue weighted by atomic mass is 14.9. The van der Waals surface area contributed by atoms with E-state index >= 15 is 0 Å². The van der Waals surface area contributed by atoms with Crippen molar-refractivity contribution in [2.75, 3.05) is 6.54 Å². The summed E-state index contributed by atoms with van der Waals surface area (Å²) in [4.78, 5) is 0. The summed E-state index contributed by atoms with van der Waals surface area (Å²) in [5, 5.41) is 6.26. The van der Waals surface area contributed by atoms with Crippen LogP contribution in [0.5, 0.6) is 0 Å². The molecule has 0 aromatic heterocycles. The van der Waals surface area contributed by atoms with Crippen LogP contribution in [0.1, 0.15) is 30.0 Å². The Bertz CT molecular complexity index is 510. The van der Waals surface area contributed by atoms with Crippen molar-refractivity contribution in [3.63, 3.8) is 0 Å². The first kappa shape index (κ1) is 9.86. The van der Waals surface area contributed by atoms with E-state index in [1.807, 2.05) is 0 Å². The molecule has 1 aliphatic rings. The van der Waals surface area contributed by atoms with Gasteiger partial charge in [0.15, 0.2) is 0 Å². The van der Waals surface area contributed by atoms with Gasteiger partial charge in [-0.15, -0.1) is 0 Å². The van der Waals surface area contributed by atoms with Gasteiger partial charge >= 0.3 is 0 Å². The summed E-state index contributed by atoms with van der Waals surface area (Å²) in [6, 6.07) is 14.1. The maximum atomic E-state index is 3.55. The Hall–Kier alpha value is -1.34. The lowest BCUT2D eigenvalue weighted by molar-refractivity contribution is 0.648. The zero-order valence-corrected chi connectivity index (χ0v) is 9.66. The second kappa shape index (κ2) is 3.91. The fraction of sp³-hybridized carbons (Fsp3) is 0.333. The van der Waals surface area contributed by atoms with Crippen LogP contribution in [0.15, 0.2) is 36.4 Å². The van der Waals surface area contributed by atoms with Crippen LogP contribution in [0.3, 0.4) is 0 Å². The van der Waals surface area contributed by atoms with Crippen molar-refractivity contribution >= 4 is 10.8 Å². The van der Waals surface area contributed by atoms with Gasteiger partial charge in [0, 0.05) is 6.04 Å². The van der Waals surface area contributed by atoms with Gasteiger partial charge in [0.05, 0.1) is 0 Å². The number of benzene rings is 2. The molecule has 16 heavy (non-hydrogen) atoms. The second-order valence-electron chi connectivity index (χ2n) is 4.76. The molecule has 2 aromatic carbocycles. The molecule has 1 heteroatoms. The zero-order chi connectivity index (χ0) is 11.0. The molecule has 0 aliphatic carbocycles. The molecule has 0 amide bonds. The van der Waals surface area contributed by atoms with Crippen LogP contribution in [0.4, 0.5) is 0 Å². The first-order chi connectivity index (χ1) is 7.83. The average molecular weight is 211 g/mol. The molecule has 0 bridgehead atoms. The number of rotatable bonds is 1. The lowest BCUT2D eigenvalue weighted by atomic mass is 10.00. The first-order valence-electron chi connectivity index (χ1n) is 6.07. The standard InChI is InChI=1S/C15H17N/c1-11-4-5-13-10-14(7-6-12(13)9-11)15-3-2-8-16-15/h4-7,9-10,15-16H,2-3,8H2,1H3. The predicted molar refractivity (Wildman–Crippen MR) is 68.7 cm³/mol. The molecule has 1 atom stereocenters. The summed E-state index contributed by atoms with van der Waals surface area (Å²) in [5.41, 5.74) is 2.77. The first-order valence-corrected chi connectivity index (χ1v) is 6.07. The van der Waals surface area contributed by atoms with Crippen molar-refractivity contribution in [2.45, 2.75) is 25.8 Å². The number of hydrogen-bond donors (Lipinski definition) is 1. The summed E-state index contributed by atoms with van der Waals surface area (Å²) >= 11 is 0. The third-order valence-corrected chi connectivity index (χ3v) is 3.48. The van der Waals surface area contributed by atoms with E-state index in [9.17, 15) is 0 Å². The number of fused-ring (bicyclic) bond motifs is 1. The Labute approximate surface area is 96.5 Å². The highest BCUT2D eigenvalue weighted by molar-refractivity contribution is 5.83. The lowest BCUT2D eigenvalue weighted by Gasteiger charge is -2.11. The van der Waals surface area contributed by atoms with Crippen molar-refractivity contribution in [2.24, 2.45) is 0 Å². The van der Waals surface area contributed by atoms with E-state index in [2.05, 4.69) is 48.6 Å². The maximum absolute atomic E-state index is 3.55. The van der Waals surface area contributed by atoms with Gasteiger partial charge in [0.1, 0.15) is 0 Å². The molecule has 82 valence electrons. The van der Waals surface area contributed by atoms with Gasteiger partial charge < -0.3 is 5.32 Å². The molecule has 0 spiro atoms. The Morgan fingerprint density at radius 3 is 2.69 bits per heavy atom. The molecule has 3 rings (SSSR count). The Balaban J connectivity index is 2.05. The molecule has 1 nitrogen and oxygen atoms in total. The molecule has 1 fully saturated rings.